The fourth-order valence-corrected chi connectivity index (χ4v) is 3.74. The van der Waals surface area contributed by atoms with Gasteiger partial charge in [-0.25, -0.2) is 10.3 Å². The molecule has 2 aromatic carbocycles. The summed E-state index contributed by atoms with van der Waals surface area (Å²) in [5.41, 5.74) is 0.748. The van der Waals surface area contributed by atoms with Crippen molar-refractivity contribution in [2.45, 2.75) is 25.7 Å². The van der Waals surface area contributed by atoms with Gasteiger partial charge in [-0.15, -0.1) is 0 Å². The second-order valence-corrected chi connectivity index (χ2v) is 7.77. The lowest BCUT2D eigenvalue weighted by Gasteiger charge is -2.14. The van der Waals surface area contributed by atoms with Crippen LogP contribution in [0.2, 0.25) is 0 Å². The van der Waals surface area contributed by atoms with Crippen LogP contribution in [0.4, 0.5) is 13.2 Å². The molecule has 4 rings (SSSR count). The van der Waals surface area contributed by atoms with Gasteiger partial charge in [0, 0.05) is 12.7 Å². The number of nitrogens with zero attached hydrogens (tertiary/aromatic N) is 3. The first-order valence-electron chi connectivity index (χ1n) is 10.5. The van der Waals surface area contributed by atoms with E-state index >= 15 is 0 Å². The SMILES string of the molecule is O=C(NO)c1ccc(Cn2c(=O)n(CCc3cccc(C(F)(F)F)c3)c(=O)c3ccccc32)nc1. The van der Waals surface area contributed by atoms with Crippen molar-refractivity contribution < 1.29 is 23.2 Å². The Hall–Kier alpha value is -4.25. The predicted octanol–water partition coefficient (Wildman–Crippen LogP) is 2.99. The van der Waals surface area contributed by atoms with Gasteiger partial charge >= 0.3 is 11.9 Å². The van der Waals surface area contributed by atoms with Crippen LogP contribution >= 0.6 is 0 Å². The van der Waals surface area contributed by atoms with E-state index < -0.39 is 28.9 Å². The summed E-state index contributed by atoms with van der Waals surface area (Å²) in [6, 6.07) is 14.2. The lowest BCUT2D eigenvalue weighted by Crippen LogP contribution is -2.40. The number of para-hydroxylation sites is 1. The molecular weight excluding hydrogens is 465 g/mol. The summed E-state index contributed by atoms with van der Waals surface area (Å²) >= 11 is 0. The number of hydrogen-bond donors (Lipinski definition) is 2. The van der Waals surface area contributed by atoms with Crippen molar-refractivity contribution in [3.8, 4) is 0 Å². The van der Waals surface area contributed by atoms with E-state index in [1.165, 1.54) is 40.5 Å². The minimum Gasteiger partial charge on any atom is -0.288 e. The molecule has 0 aliphatic carbocycles. The van der Waals surface area contributed by atoms with E-state index in [2.05, 4.69) is 4.98 Å². The molecule has 0 unspecified atom stereocenters. The van der Waals surface area contributed by atoms with E-state index in [-0.39, 0.29) is 30.5 Å². The van der Waals surface area contributed by atoms with Crippen molar-refractivity contribution in [3.05, 3.63) is 110 Å². The first kappa shape index (κ1) is 23.9. The molecule has 1 amide bonds. The Morgan fingerprint density at radius 2 is 1.77 bits per heavy atom. The molecule has 4 aromatic rings. The van der Waals surface area contributed by atoms with Crippen LogP contribution in [0.15, 0.2) is 76.4 Å². The molecule has 2 aromatic heterocycles. The summed E-state index contributed by atoms with van der Waals surface area (Å²) in [6.45, 7) is -0.142. The van der Waals surface area contributed by atoms with Gasteiger partial charge in [-0.05, 0) is 42.3 Å². The molecule has 35 heavy (non-hydrogen) atoms. The zero-order chi connectivity index (χ0) is 25.2. The highest BCUT2D eigenvalue weighted by molar-refractivity contribution is 5.92. The largest absolute Gasteiger partial charge is 0.416 e. The van der Waals surface area contributed by atoms with Crippen molar-refractivity contribution in [1.82, 2.24) is 19.6 Å². The van der Waals surface area contributed by atoms with Gasteiger partial charge in [-0.1, -0.05) is 30.3 Å². The molecule has 0 fully saturated rings. The molecule has 2 heterocycles. The molecule has 0 atom stereocenters. The van der Waals surface area contributed by atoms with Crippen LogP contribution in [0.3, 0.4) is 0 Å². The van der Waals surface area contributed by atoms with Gasteiger partial charge in [0.1, 0.15) is 0 Å². The second kappa shape index (κ2) is 9.55. The summed E-state index contributed by atoms with van der Waals surface area (Å²) in [4.78, 5) is 42.0. The Bertz CT molecular complexity index is 1510. The van der Waals surface area contributed by atoms with Gasteiger partial charge in [0.2, 0.25) is 0 Å². The number of nitrogens with one attached hydrogen (secondary N) is 1. The normalized spacial score (nSPS) is 11.5. The number of benzene rings is 2. The first-order chi connectivity index (χ1) is 16.7. The monoisotopic (exact) mass is 484 g/mol. The summed E-state index contributed by atoms with van der Waals surface area (Å²) in [5.74, 6) is -0.741. The first-order valence-corrected chi connectivity index (χ1v) is 10.5. The van der Waals surface area contributed by atoms with Gasteiger partial charge in [0.25, 0.3) is 11.5 Å². The highest BCUT2D eigenvalue weighted by Gasteiger charge is 2.30. The Morgan fingerprint density at radius 1 is 1.00 bits per heavy atom. The van der Waals surface area contributed by atoms with Crippen molar-refractivity contribution in [1.29, 1.82) is 0 Å². The average Bonchev–Trinajstić information content (AvgIpc) is 2.86. The van der Waals surface area contributed by atoms with Gasteiger partial charge in [-0.2, -0.15) is 13.2 Å². The third-order valence-corrected chi connectivity index (χ3v) is 5.52. The summed E-state index contributed by atoms with van der Waals surface area (Å²) in [7, 11) is 0. The number of pyridine rings is 1. The smallest absolute Gasteiger partial charge is 0.288 e. The van der Waals surface area contributed by atoms with E-state index in [0.29, 0.717) is 16.8 Å². The number of hydrogen-bond acceptors (Lipinski definition) is 5. The van der Waals surface area contributed by atoms with Gasteiger partial charge in [-0.3, -0.25) is 28.9 Å². The zero-order valence-electron chi connectivity index (χ0n) is 18.1. The summed E-state index contributed by atoms with van der Waals surface area (Å²) in [6.07, 6.45) is -3.22. The maximum absolute atomic E-state index is 13.3. The fourth-order valence-electron chi connectivity index (χ4n) is 3.74. The molecule has 0 radical (unpaired) electrons. The topological polar surface area (TPSA) is 106 Å². The van der Waals surface area contributed by atoms with Crippen LogP contribution in [0, 0.1) is 0 Å². The highest BCUT2D eigenvalue weighted by atomic mass is 19.4. The van der Waals surface area contributed by atoms with Crippen LogP contribution in [0.25, 0.3) is 10.9 Å². The number of rotatable bonds is 6. The van der Waals surface area contributed by atoms with Crippen LogP contribution in [-0.4, -0.2) is 25.2 Å². The molecule has 0 saturated heterocycles. The Balaban J connectivity index is 1.71. The number of halogens is 3. The maximum Gasteiger partial charge on any atom is 0.416 e. The molecular formula is C24H19F3N4O4. The highest BCUT2D eigenvalue weighted by Crippen LogP contribution is 2.29. The van der Waals surface area contributed by atoms with Crippen LogP contribution < -0.4 is 16.7 Å². The molecule has 2 N–H and O–H groups in total. The van der Waals surface area contributed by atoms with Crippen molar-refractivity contribution in [2.75, 3.05) is 0 Å². The fraction of sp³-hybridized carbons (Fsp3) is 0.167. The maximum atomic E-state index is 13.3. The van der Waals surface area contributed by atoms with Crippen LogP contribution in [-0.2, 0) is 25.7 Å². The quantitative estimate of drug-likeness (QED) is 0.323. The van der Waals surface area contributed by atoms with Crippen molar-refractivity contribution in [2.24, 2.45) is 0 Å². The van der Waals surface area contributed by atoms with Crippen molar-refractivity contribution in [3.63, 3.8) is 0 Å². The molecule has 0 aliphatic rings. The number of aromatic nitrogens is 3. The molecule has 180 valence electrons. The number of carbonyl (C=O) groups excluding carboxylic acids is 1. The zero-order valence-corrected chi connectivity index (χ0v) is 18.1. The van der Waals surface area contributed by atoms with E-state index in [1.807, 2.05) is 0 Å². The number of aryl methyl sites for hydroxylation is 1. The second-order valence-electron chi connectivity index (χ2n) is 7.77. The molecule has 0 spiro atoms. The number of amides is 1. The molecule has 0 bridgehead atoms. The van der Waals surface area contributed by atoms with Gasteiger partial charge in [0.15, 0.2) is 0 Å². The average molecular weight is 484 g/mol. The lowest BCUT2D eigenvalue weighted by atomic mass is 10.1. The molecule has 8 nitrogen and oxygen atoms in total. The van der Waals surface area contributed by atoms with Crippen LogP contribution in [0.1, 0.15) is 27.2 Å². The predicted molar refractivity (Wildman–Crippen MR) is 120 cm³/mol. The number of fused-ring (bicyclic) bond motifs is 1. The Kier molecular flexibility index (Phi) is 6.52. The minimum absolute atomic E-state index is 0.0236. The number of carbonyl (C=O) groups is 1. The number of alkyl halides is 3. The molecule has 0 saturated carbocycles. The van der Waals surface area contributed by atoms with E-state index in [4.69, 9.17) is 5.21 Å². The third kappa shape index (κ3) is 4.99. The van der Waals surface area contributed by atoms with E-state index in [1.54, 1.807) is 24.3 Å². The molecule has 0 aliphatic heterocycles. The molecule has 11 heteroatoms. The lowest BCUT2D eigenvalue weighted by molar-refractivity contribution is -0.137. The summed E-state index contributed by atoms with van der Waals surface area (Å²) < 4.78 is 41.4. The summed E-state index contributed by atoms with van der Waals surface area (Å²) in [5, 5.41) is 9.00. The third-order valence-electron chi connectivity index (χ3n) is 5.52. The number of hydroxylamine groups is 1. The van der Waals surface area contributed by atoms with E-state index in [0.717, 1.165) is 16.7 Å². The van der Waals surface area contributed by atoms with Gasteiger partial charge < -0.3 is 0 Å². The van der Waals surface area contributed by atoms with Crippen molar-refractivity contribution >= 4 is 16.8 Å². The standard InChI is InChI=1S/C24H19F3N4O4/c25-24(26,27)17-5-3-4-15(12-17)10-11-30-22(33)19-6-1-2-7-20(19)31(23(30)34)14-18-9-8-16(13-28-18)21(32)29-35/h1-9,12-13,35H,10-11,14H2,(H,29,32). The van der Waals surface area contributed by atoms with Crippen LogP contribution in [0.5, 0.6) is 0 Å². The Morgan fingerprint density at radius 3 is 2.46 bits per heavy atom. The minimum atomic E-state index is -4.50. The Labute approximate surface area is 195 Å². The van der Waals surface area contributed by atoms with E-state index in [9.17, 15) is 27.6 Å². The van der Waals surface area contributed by atoms with Gasteiger partial charge in [0.05, 0.1) is 34.3 Å².